The molecule has 0 fully saturated rings. The van der Waals surface area contributed by atoms with Gasteiger partial charge in [-0.1, -0.05) is 6.58 Å². The Bertz CT molecular complexity index is 333. The van der Waals surface area contributed by atoms with Gasteiger partial charge in [-0.3, -0.25) is 9.78 Å². The highest BCUT2D eigenvalue weighted by Crippen LogP contribution is 2.06. The Morgan fingerprint density at radius 1 is 1.58 bits per heavy atom. The zero-order valence-electron chi connectivity index (χ0n) is 6.67. The van der Waals surface area contributed by atoms with Crippen LogP contribution in [0.25, 0.3) is 0 Å². The molecule has 0 unspecified atom stereocenters. The van der Waals surface area contributed by atoms with Crippen LogP contribution in [0, 0.1) is 5.82 Å². The molecule has 0 radical (unpaired) electrons. The third-order valence-corrected chi connectivity index (χ3v) is 1.35. The highest BCUT2D eigenvalue weighted by atomic mass is 19.1. The van der Waals surface area contributed by atoms with Gasteiger partial charge in [0.05, 0.1) is 6.20 Å². The van der Waals surface area contributed by atoms with Crippen LogP contribution >= 0.6 is 0 Å². The summed E-state index contributed by atoms with van der Waals surface area (Å²) in [6.07, 6.45) is 2.37. The first-order valence-corrected chi connectivity index (χ1v) is 3.42. The van der Waals surface area contributed by atoms with Gasteiger partial charge in [0, 0.05) is 11.8 Å². The molecule has 3 heteroatoms. The molecule has 0 N–H and O–H groups in total. The molecule has 0 saturated carbocycles. The van der Waals surface area contributed by atoms with Crippen molar-refractivity contribution in [2.45, 2.75) is 6.92 Å². The first-order valence-electron chi connectivity index (χ1n) is 3.42. The van der Waals surface area contributed by atoms with E-state index in [2.05, 4.69) is 11.6 Å². The summed E-state index contributed by atoms with van der Waals surface area (Å²) in [6, 6.07) is 1.14. The predicted octanol–water partition coefficient (Wildman–Crippen LogP) is 1.98. The van der Waals surface area contributed by atoms with Crippen molar-refractivity contribution >= 4 is 5.78 Å². The number of carbonyl (C=O) groups excluding carboxylic acids is 1. The quantitative estimate of drug-likeness (QED) is 0.495. The van der Waals surface area contributed by atoms with E-state index in [4.69, 9.17) is 0 Å². The van der Waals surface area contributed by atoms with Crippen molar-refractivity contribution in [2.24, 2.45) is 0 Å². The number of Topliss-reactive ketones (excluding diaryl/α,β-unsaturated/α-hetero) is 1. The van der Waals surface area contributed by atoms with Crippen LogP contribution in [0.5, 0.6) is 0 Å². The maximum Gasteiger partial charge on any atom is 0.189 e. The minimum Gasteiger partial charge on any atom is -0.289 e. The molecule has 1 aromatic rings. The van der Waals surface area contributed by atoms with Crippen LogP contribution in [-0.2, 0) is 0 Å². The average molecular weight is 165 g/mol. The lowest BCUT2D eigenvalue weighted by atomic mass is 10.1. The number of halogens is 1. The molecule has 0 aliphatic carbocycles. The SMILES string of the molecule is C=C(C)C(=O)c1cncc(F)c1. The predicted molar refractivity (Wildman–Crippen MR) is 43.3 cm³/mol. The van der Waals surface area contributed by atoms with Gasteiger partial charge in [-0.15, -0.1) is 0 Å². The van der Waals surface area contributed by atoms with Crippen LogP contribution in [-0.4, -0.2) is 10.8 Å². The molecule has 0 atom stereocenters. The Kier molecular flexibility index (Phi) is 2.33. The van der Waals surface area contributed by atoms with E-state index in [9.17, 15) is 9.18 Å². The fourth-order valence-electron chi connectivity index (χ4n) is 0.782. The largest absolute Gasteiger partial charge is 0.289 e. The summed E-state index contributed by atoms with van der Waals surface area (Å²) in [5.41, 5.74) is 0.616. The number of ketones is 1. The normalized spacial score (nSPS) is 9.50. The molecule has 0 aliphatic rings. The topological polar surface area (TPSA) is 30.0 Å². The molecule has 0 amide bonds. The lowest BCUT2D eigenvalue weighted by Gasteiger charge is -1.97. The van der Waals surface area contributed by atoms with E-state index in [0.29, 0.717) is 5.57 Å². The molecule has 0 bridgehead atoms. The molecule has 12 heavy (non-hydrogen) atoms. The standard InChI is InChI=1S/C9H8FNO/c1-6(2)9(12)7-3-8(10)5-11-4-7/h3-5H,1H2,2H3. The number of carbonyl (C=O) groups is 1. The van der Waals surface area contributed by atoms with Gasteiger partial charge in [0.25, 0.3) is 0 Å². The molecule has 0 saturated heterocycles. The number of hydrogen-bond donors (Lipinski definition) is 0. The molecule has 62 valence electrons. The van der Waals surface area contributed by atoms with Gasteiger partial charge in [0.1, 0.15) is 5.82 Å². The summed E-state index contributed by atoms with van der Waals surface area (Å²) in [4.78, 5) is 14.7. The van der Waals surface area contributed by atoms with Crippen molar-refractivity contribution in [3.8, 4) is 0 Å². The Morgan fingerprint density at radius 3 is 2.75 bits per heavy atom. The molecular weight excluding hydrogens is 157 g/mol. The van der Waals surface area contributed by atoms with Crippen molar-refractivity contribution in [3.05, 3.63) is 42.0 Å². The highest BCUT2D eigenvalue weighted by molar-refractivity contribution is 6.07. The Hall–Kier alpha value is -1.51. The van der Waals surface area contributed by atoms with Crippen LogP contribution in [0.1, 0.15) is 17.3 Å². The Balaban J connectivity index is 3.04. The van der Waals surface area contributed by atoms with Gasteiger partial charge >= 0.3 is 0 Å². The van der Waals surface area contributed by atoms with E-state index in [1.54, 1.807) is 6.92 Å². The van der Waals surface area contributed by atoms with E-state index in [1.165, 1.54) is 6.20 Å². The van der Waals surface area contributed by atoms with E-state index in [-0.39, 0.29) is 11.3 Å². The summed E-state index contributed by atoms with van der Waals surface area (Å²) < 4.78 is 12.5. The van der Waals surface area contributed by atoms with Gasteiger partial charge in [-0.25, -0.2) is 4.39 Å². The fraction of sp³-hybridized carbons (Fsp3) is 0.111. The number of aromatic nitrogens is 1. The van der Waals surface area contributed by atoms with E-state index < -0.39 is 5.82 Å². The van der Waals surface area contributed by atoms with Crippen LogP contribution in [0.15, 0.2) is 30.6 Å². The van der Waals surface area contributed by atoms with Crippen LogP contribution < -0.4 is 0 Å². The lowest BCUT2D eigenvalue weighted by Crippen LogP contribution is -2.00. The smallest absolute Gasteiger partial charge is 0.189 e. The van der Waals surface area contributed by atoms with Crippen molar-refractivity contribution in [2.75, 3.05) is 0 Å². The maximum absolute atomic E-state index is 12.5. The minimum atomic E-state index is -0.512. The first-order chi connectivity index (χ1) is 5.61. The van der Waals surface area contributed by atoms with Gasteiger partial charge in [-0.05, 0) is 18.6 Å². The first kappa shape index (κ1) is 8.59. The van der Waals surface area contributed by atoms with Crippen molar-refractivity contribution in [3.63, 3.8) is 0 Å². The zero-order valence-corrected chi connectivity index (χ0v) is 6.67. The van der Waals surface area contributed by atoms with Crippen LogP contribution in [0.4, 0.5) is 4.39 Å². The number of hydrogen-bond acceptors (Lipinski definition) is 2. The van der Waals surface area contributed by atoms with Gasteiger partial charge < -0.3 is 0 Å². The average Bonchev–Trinajstić information content (AvgIpc) is 2.03. The van der Waals surface area contributed by atoms with Crippen molar-refractivity contribution in [1.82, 2.24) is 4.98 Å². The highest BCUT2D eigenvalue weighted by Gasteiger charge is 2.06. The second-order valence-corrected chi connectivity index (χ2v) is 2.50. The molecular formula is C9H8FNO. The molecule has 1 rings (SSSR count). The molecule has 0 aromatic carbocycles. The second-order valence-electron chi connectivity index (χ2n) is 2.50. The monoisotopic (exact) mass is 165 g/mol. The number of rotatable bonds is 2. The van der Waals surface area contributed by atoms with Crippen LogP contribution in [0.3, 0.4) is 0 Å². The molecule has 0 spiro atoms. The fourth-order valence-corrected chi connectivity index (χ4v) is 0.782. The Labute approximate surface area is 69.7 Å². The van der Waals surface area contributed by atoms with Gasteiger partial charge in [0.2, 0.25) is 0 Å². The molecule has 1 aromatic heterocycles. The van der Waals surface area contributed by atoms with E-state index in [1.807, 2.05) is 0 Å². The number of pyridine rings is 1. The van der Waals surface area contributed by atoms with Crippen LogP contribution in [0.2, 0.25) is 0 Å². The molecule has 0 aliphatic heterocycles. The zero-order chi connectivity index (χ0) is 9.14. The lowest BCUT2D eigenvalue weighted by molar-refractivity contribution is 0.103. The summed E-state index contributed by atoms with van der Waals surface area (Å²) in [5, 5.41) is 0. The summed E-state index contributed by atoms with van der Waals surface area (Å²) in [6.45, 7) is 5.04. The minimum absolute atomic E-state index is 0.238. The van der Waals surface area contributed by atoms with Gasteiger partial charge in [0.15, 0.2) is 5.78 Å². The summed E-state index contributed by atoms with van der Waals surface area (Å²) in [7, 11) is 0. The van der Waals surface area contributed by atoms with Crippen molar-refractivity contribution in [1.29, 1.82) is 0 Å². The van der Waals surface area contributed by atoms with E-state index >= 15 is 0 Å². The third-order valence-electron chi connectivity index (χ3n) is 1.35. The van der Waals surface area contributed by atoms with Gasteiger partial charge in [-0.2, -0.15) is 0 Å². The maximum atomic E-state index is 12.5. The second kappa shape index (κ2) is 3.26. The molecule has 1 heterocycles. The Morgan fingerprint density at radius 2 is 2.25 bits per heavy atom. The number of nitrogens with zero attached hydrogens (tertiary/aromatic N) is 1. The third kappa shape index (κ3) is 1.75. The van der Waals surface area contributed by atoms with E-state index in [0.717, 1.165) is 12.3 Å². The summed E-state index contributed by atoms with van der Waals surface area (Å²) >= 11 is 0. The van der Waals surface area contributed by atoms with Crippen molar-refractivity contribution < 1.29 is 9.18 Å². The number of allylic oxidation sites excluding steroid dienone is 1. The summed E-state index contributed by atoms with van der Waals surface area (Å²) in [5.74, 6) is -0.788. The molecule has 2 nitrogen and oxygen atoms in total.